The van der Waals surface area contributed by atoms with E-state index in [0.29, 0.717) is 11.6 Å². The quantitative estimate of drug-likeness (QED) is 0.765. The Labute approximate surface area is 107 Å². The van der Waals surface area contributed by atoms with E-state index in [0.717, 1.165) is 36.5 Å². The Balaban J connectivity index is 2.47. The Bertz CT molecular complexity index is 320. The highest BCUT2D eigenvalue weighted by molar-refractivity contribution is 7.98. The van der Waals surface area contributed by atoms with Gasteiger partial charge in [-0.2, -0.15) is 11.8 Å². The van der Waals surface area contributed by atoms with E-state index < -0.39 is 0 Å². The van der Waals surface area contributed by atoms with Gasteiger partial charge in [0.15, 0.2) is 0 Å². The van der Waals surface area contributed by atoms with Crippen molar-refractivity contribution < 1.29 is 4.74 Å². The molecule has 2 N–H and O–H groups in total. The van der Waals surface area contributed by atoms with Crippen LogP contribution in [0.1, 0.15) is 12.0 Å². The summed E-state index contributed by atoms with van der Waals surface area (Å²) in [5.41, 5.74) is 6.64. The van der Waals surface area contributed by atoms with Gasteiger partial charge in [-0.15, -0.1) is 0 Å². The maximum Gasteiger partial charge on any atom is 0.137 e. The second-order valence-electron chi connectivity index (χ2n) is 3.50. The van der Waals surface area contributed by atoms with Crippen molar-refractivity contribution in [3.05, 3.63) is 28.8 Å². The number of nitrogens with two attached hydrogens (primary N) is 1. The molecule has 0 saturated heterocycles. The van der Waals surface area contributed by atoms with Gasteiger partial charge in [-0.05, 0) is 49.1 Å². The molecule has 1 rings (SSSR count). The lowest BCUT2D eigenvalue weighted by Crippen LogP contribution is -2.03. The molecule has 0 amide bonds. The summed E-state index contributed by atoms with van der Waals surface area (Å²) < 4.78 is 5.60. The van der Waals surface area contributed by atoms with Crippen molar-refractivity contribution in [1.29, 1.82) is 0 Å². The molecule has 0 atom stereocenters. The number of thioether (sulfide) groups is 1. The molecule has 0 fully saturated rings. The van der Waals surface area contributed by atoms with Crippen molar-refractivity contribution in [3.8, 4) is 5.75 Å². The summed E-state index contributed by atoms with van der Waals surface area (Å²) in [6.07, 6.45) is 3.99. The normalized spacial score (nSPS) is 10.4. The largest absolute Gasteiger partial charge is 0.492 e. The summed E-state index contributed by atoms with van der Waals surface area (Å²) in [4.78, 5) is 0. The first-order valence-corrected chi connectivity index (χ1v) is 7.15. The standard InChI is InChI=1S/C12H18ClNOS/c1-16-8-2-7-15-12-4-3-10(5-6-14)9-11(12)13/h3-4,9H,2,5-8,14H2,1H3. The van der Waals surface area contributed by atoms with Crippen LogP contribution in [0.15, 0.2) is 18.2 Å². The van der Waals surface area contributed by atoms with Crippen molar-refractivity contribution in [2.24, 2.45) is 5.73 Å². The smallest absolute Gasteiger partial charge is 0.137 e. The summed E-state index contributed by atoms with van der Waals surface area (Å²) in [6, 6.07) is 5.87. The molecule has 0 unspecified atom stereocenters. The average Bonchev–Trinajstić information content (AvgIpc) is 2.27. The topological polar surface area (TPSA) is 35.2 Å². The summed E-state index contributed by atoms with van der Waals surface area (Å²) in [6.45, 7) is 1.36. The zero-order valence-corrected chi connectivity index (χ0v) is 11.1. The van der Waals surface area contributed by atoms with E-state index in [1.165, 1.54) is 0 Å². The molecule has 1 aromatic carbocycles. The molecule has 0 heterocycles. The van der Waals surface area contributed by atoms with Crippen LogP contribution in [0.3, 0.4) is 0 Å². The molecule has 0 aliphatic rings. The predicted octanol–water partition coefficient (Wildman–Crippen LogP) is 2.97. The Morgan fingerprint density at radius 1 is 1.44 bits per heavy atom. The van der Waals surface area contributed by atoms with Gasteiger partial charge in [0.25, 0.3) is 0 Å². The van der Waals surface area contributed by atoms with E-state index in [4.69, 9.17) is 22.1 Å². The Morgan fingerprint density at radius 2 is 2.25 bits per heavy atom. The zero-order chi connectivity index (χ0) is 11.8. The van der Waals surface area contributed by atoms with Crippen molar-refractivity contribution >= 4 is 23.4 Å². The fourth-order valence-electron chi connectivity index (χ4n) is 1.37. The summed E-state index contributed by atoms with van der Waals surface area (Å²) in [5.74, 6) is 1.88. The molecule has 4 heteroatoms. The SMILES string of the molecule is CSCCCOc1ccc(CCN)cc1Cl. The Morgan fingerprint density at radius 3 is 2.88 bits per heavy atom. The van der Waals surface area contributed by atoms with Gasteiger partial charge in [0, 0.05) is 0 Å². The predicted molar refractivity (Wildman–Crippen MR) is 72.7 cm³/mol. The molecule has 0 bridgehead atoms. The van der Waals surface area contributed by atoms with E-state index in [-0.39, 0.29) is 0 Å². The molecule has 16 heavy (non-hydrogen) atoms. The number of ether oxygens (including phenoxy) is 1. The van der Waals surface area contributed by atoms with Crippen molar-refractivity contribution in [2.45, 2.75) is 12.8 Å². The first-order chi connectivity index (χ1) is 7.77. The van der Waals surface area contributed by atoms with E-state index in [1.807, 2.05) is 30.0 Å². The number of benzene rings is 1. The number of hydrogen-bond donors (Lipinski definition) is 1. The summed E-state index contributed by atoms with van der Waals surface area (Å²) in [7, 11) is 0. The summed E-state index contributed by atoms with van der Waals surface area (Å²) in [5, 5.41) is 0.676. The zero-order valence-electron chi connectivity index (χ0n) is 9.54. The lowest BCUT2D eigenvalue weighted by Gasteiger charge is -2.08. The third kappa shape index (κ3) is 4.64. The minimum atomic E-state index is 0.643. The molecule has 0 spiro atoms. The molecule has 0 radical (unpaired) electrons. The molecule has 0 aromatic heterocycles. The van der Waals surface area contributed by atoms with E-state index in [1.54, 1.807) is 0 Å². The number of halogens is 1. The first-order valence-electron chi connectivity index (χ1n) is 5.38. The highest BCUT2D eigenvalue weighted by atomic mass is 35.5. The van der Waals surface area contributed by atoms with Gasteiger partial charge in [0.05, 0.1) is 11.6 Å². The maximum atomic E-state index is 6.11. The molecule has 0 aliphatic carbocycles. The van der Waals surface area contributed by atoms with Crippen LogP contribution >= 0.6 is 23.4 Å². The van der Waals surface area contributed by atoms with Gasteiger partial charge in [0.2, 0.25) is 0 Å². The van der Waals surface area contributed by atoms with Crippen LogP contribution in [-0.4, -0.2) is 25.2 Å². The number of hydrogen-bond acceptors (Lipinski definition) is 3. The minimum Gasteiger partial charge on any atom is -0.492 e. The van der Waals surface area contributed by atoms with Crippen molar-refractivity contribution in [1.82, 2.24) is 0 Å². The molecule has 0 aliphatic heterocycles. The van der Waals surface area contributed by atoms with Gasteiger partial charge >= 0.3 is 0 Å². The highest BCUT2D eigenvalue weighted by Crippen LogP contribution is 2.25. The van der Waals surface area contributed by atoms with E-state index in [9.17, 15) is 0 Å². The van der Waals surface area contributed by atoms with Crippen LogP contribution in [0, 0.1) is 0 Å². The van der Waals surface area contributed by atoms with E-state index in [2.05, 4.69) is 6.26 Å². The molecule has 90 valence electrons. The first kappa shape index (κ1) is 13.7. The molecule has 0 saturated carbocycles. The fourth-order valence-corrected chi connectivity index (χ4v) is 2.03. The molecule has 1 aromatic rings. The van der Waals surface area contributed by atoms with Gasteiger partial charge in [-0.3, -0.25) is 0 Å². The van der Waals surface area contributed by atoms with Crippen molar-refractivity contribution in [2.75, 3.05) is 25.2 Å². The van der Waals surface area contributed by atoms with Crippen LogP contribution in [-0.2, 0) is 6.42 Å². The van der Waals surface area contributed by atoms with Gasteiger partial charge < -0.3 is 10.5 Å². The molecule has 2 nitrogen and oxygen atoms in total. The van der Waals surface area contributed by atoms with Crippen LogP contribution in [0.5, 0.6) is 5.75 Å². The van der Waals surface area contributed by atoms with Crippen LogP contribution < -0.4 is 10.5 Å². The average molecular weight is 260 g/mol. The monoisotopic (exact) mass is 259 g/mol. The second-order valence-corrected chi connectivity index (χ2v) is 4.89. The van der Waals surface area contributed by atoms with Crippen LogP contribution in [0.4, 0.5) is 0 Å². The molecular formula is C12H18ClNOS. The second kappa shape index (κ2) is 7.82. The highest BCUT2D eigenvalue weighted by Gasteiger charge is 2.02. The Kier molecular flexibility index (Phi) is 6.69. The van der Waals surface area contributed by atoms with E-state index >= 15 is 0 Å². The Hall–Kier alpha value is -0.380. The van der Waals surface area contributed by atoms with Gasteiger partial charge in [-0.1, -0.05) is 17.7 Å². The third-order valence-electron chi connectivity index (χ3n) is 2.18. The maximum absolute atomic E-state index is 6.11. The fraction of sp³-hybridized carbons (Fsp3) is 0.500. The van der Waals surface area contributed by atoms with Gasteiger partial charge in [-0.25, -0.2) is 0 Å². The lowest BCUT2D eigenvalue weighted by molar-refractivity contribution is 0.319. The van der Waals surface area contributed by atoms with Crippen LogP contribution in [0.25, 0.3) is 0 Å². The minimum absolute atomic E-state index is 0.643. The van der Waals surface area contributed by atoms with Gasteiger partial charge in [0.1, 0.15) is 5.75 Å². The summed E-state index contributed by atoms with van der Waals surface area (Å²) >= 11 is 7.93. The van der Waals surface area contributed by atoms with Crippen molar-refractivity contribution in [3.63, 3.8) is 0 Å². The molecular weight excluding hydrogens is 242 g/mol. The number of rotatable bonds is 7. The third-order valence-corrected chi connectivity index (χ3v) is 3.17. The lowest BCUT2D eigenvalue weighted by atomic mass is 10.1. The van der Waals surface area contributed by atoms with Crippen LogP contribution in [0.2, 0.25) is 5.02 Å².